The Morgan fingerprint density at radius 2 is 1.89 bits per heavy atom. The van der Waals surface area contributed by atoms with Gasteiger partial charge < -0.3 is 9.47 Å². The van der Waals surface area contributed by atoms with Crippen LogP contribution in [0.1, 0.15) is 16.7 Å². The van der Waals surface area contributed by atoms with Gasteiger partial charge in [0, 0.05) is 5.02 Å². The topological polar surface area (TPSA) is 77.5 Å². The zero-order valence-corrected chi connectivity index (χ0v) is 17.2. The third-order valence-electron chi connectivity index (χ3n) is 3.93. The number of ether oxygens (including phenoxy) is 2. The Bertz CT molecular complexity index is 1050. The molecule has 0 atom stereocenters. The van der Waals surface area contributed by atoms with Gasteiger partial charge in [0.15, 0.2) is 18.3 Å². The molecule has 8 heteroatoms. The van der Waals surface area contributed by atoms with Gasteiger partial charge in [-0.15, -0.1) is 0 Å². The van der Waals surface area contributed by atoms with Gasteiger partial charge in [0.25, 0.3) is 5.91 Å². The molecule has 28 heavy (non-hydrogen) atoms. The van der Waals surface area contributed by atoms with Crippen molar-refractivity contribution >= 4 is 50.2 Å². The number of carbonyl (C=O) groups excluding carboxylic acids is 2. The van der Waals surface area contributed by atoms with Gasteiger partial charge in [0.1, 0.15) is 5.75 Å². The van der Waals surface area contributed by atoms with Gasteiger partial charge in [-0.3, -0.25) is 10.1 Å². The summed E-state index contributed by atoms with van der Waals surface area (Å²) in [5.41, 5.74) is 3.88. The molecule has 1 N–H and O–H groups in total. The van der Waals surface area contributed by atoms with Gasteiger partial charge in [0.2, 0.25) is 0 Å². The van der Waals surface area contributed by atoms with Crippen LogP contribution in [-0.2, 0) is 14.3 Å². The molecule has 0 spiro atoms. The van der Waals surface area contributed by atoms with Gasteiger partial charge >= 0.3 is 5.97 Å². The molecular formula is C20H19ClN2O4S. The predicted molar refractivity (Wildman–Crippen MR) is 110 cm³/mol. The molecule has 1 amide bonds. The number of nitrogens with one attached hydrogen (secondary N) is 1. The molecule has 0 aliphatic carbocycles. The maximum atomic E-state index is 12.0. The molecule has 3 rings (SSSR count). The van der Waals surface area contributed by atoms with E-state index in [1.54, 1.807) is 18.2 Å². The Morgan fingerprint density at radius 1 is 1.11 bits per heavy atom. The first-order valence-electron chi connectivity index (χ1n) is 8.54. The average molecular weight is 419 g/mol. The molecule has 0 bridgehead atoms. The van der Waals surface area contributed by atoms with E-state index in [9.17, 15) is 9.59 Å². The highest BCUT2D eigenvalue weighted by Gasteiger charge is 2.12. The van der Waals surface area contributed by atoms with Gasteiger partial charge in [-0.2, -0.15) is 0 Å². The first kappa shape index (κ1) is 20.1. The third kappa shape index (κ3) is 4.99. The fourth-order valence-corrected chi connectivity index (χ4v) is 3.79. The molecule has 0 fully saturated rings. The second-order valence-electron chi connectivity index (χ2n) is 6.36. The van der Waals surface area contributed by atoms with E-state index in [-0.39, 0.29) is 6.61 Å². The van der Waals surface area contributed by atoms with Crippen molar-refractivity contribution in [3.63, 3.8) is 0 Å². The summed E-state index contributed by atoms with van der Waals surface area (Å²) in [6.07, 6.45) is 0. The summed E-state index contributed by atoms with van der Waals surface area (Å²) < 4.78 is 11.3. The van der Waals surface area contributed by atoms with Crippen LogP contribution in [0, 0.1) is 20.8 Å². The molecule has 6 nitrogen and oxygen atoms in total. The number of aryl methyl sites for hydroxylation is 3. The van der Waals surface area contributed by atoms with Crippen molar-refractivity contribution in [2.45, 2.75) is 20.8 Å². The number of halogens is 1. The zero-order valence-electron chi connectivity index (χ0n) is 15.7. The third-order valence-corrected chi connectivity index (χ3v) is 5.27. The standard InChI is InChI=1S/C20H19ClN2O4S/c1-11-6-13(3)19-16(7-11)28-20(23-19)22-17(24)9-27-18(25)10-26-14-4-5-15(21)12(2)8-14/h4-8H,9-10H2,1-3H3,(H,22,23,24). The molecule has 0 unspecified atom stereocenters. The molecule has 0 saturated carbocycles. The highest BCUT2D eigenvalue weighted by molar-refractivity contribution is 7.22. The second-order valence-corrected chi connectivity index (χ2v) is 7.79. The summed E-state index contributed by atoms with van der Waals surface area (Å²) in [5, 5.41) is 3.74. The largest absolute Gasteiger partial charge is 0.482 e. The summed E-state index contributed by atoms with van der Waals surface area (Å²) in [7, 11) is 0. The minimum absolute atomic E-state index is 0.298. The summed E-state index contributed by atoms with van der Waals surface area (Å²) in [4.78, 5) is 28.2. The van der Waals surface area contributed by atoms with Crippen molar-refractivity contribution in [2.75, 3.05) is 18.5 Å². The van der Waals surface area contributed by atoms with Gasteiger partial charge in [-0.1, -0.05) is 29.0 Å². The van der Waals surface area contributed by atoms with Crippen molar-refractivity contribution in [2.24, 2.45) is 0 Å². The molecule has 1 heterocycles. The minimum atomic E-state index is -0.640. The Hall–Kier alpha value is -2.64. The SMILES string of the molecule is Cc1cc(C)c2nc(NC(=O)COC(=O)COc3ccc(Cl)c(C)c3)sc2c1. The van der Waals surface area contributed by atoms with E-state index in [4.69, 9.17) is 21.1 Å². The predicted octanol–water partition coefficient (Wildman–Crippen LogP) is 4.44. The number of carbonyl (C=O) groups is 2. The molecule has 2 aromatic carbocycles. The number of esters is 1. The smallest absolute Gasteiger partial charge is 0.344 e. The van der Waals surface area contributed by atoms with Gasteiger partial charge in [0.05, 0.1) is 10.2 Å². The lowest BCUT2D eigenvalue weighted by Crippen LogP contribution is -2.23. The van der Waals surface area contributed by atoms with E-state index in [1.165, 1.54) is 11.3 Å². The highest BCUT2D eigenvalue weighted by Crippen LogP contribution is 2.29. The Morgan fingerprint density at radius 3 is 2.64 bits per heavy atom. The lowest BCUT2D eigenvalue weighted by molar-refractivity contribution is -0.149. The average Bonchev–Trinajstić information content (AvgIpc) is 3.03. The van der Waals surface area contributed by atoms with Crippen LogP contribution in [0.15, 0.2) is 30.3 Å². The van der Waals surface area contributed by atoms with Crippen molar-refractivity contribution in [3.05, 3.63) is 52.0 Å². The number of hydrogen-bond donors (Lipinski definition) is 1. The maximum Gasteiger partial charge on any atom is 0.344 e. The number of anilines is 1. The molecule has 146 valence electrons. The van der Waals surface area contributed by atoms with Crippen LogP contribution in [0.25, 0.3) is 10.2 Å². The van der Waals surface area contributed by atoms with E-state index < -0.39 is 18.5 Å². The van der Waals surface area contributed by atoms with E-state index in [1.807, 2.05) is 32.9 Å². The van der Waals surface area contributed by atoms with Gasteiger partial charge in [-0.05, 0) is 61.7 Å². The van der Waals surface area contributed by atoms with E-state index in [0.717, 1.165) is 26.9 Å². The van der Waals surface area contributed by atoms with Crippen molar-refractivity contribution in [1.29, 1.82) is 0 Å². The molecule has 3 aromatic rings. The maximum absolute atomic E-state index is 12.0. The summed E-state index contributed by atoms with van der Waals surface area (Å²) in [5.74, 6) is -0.592. The minimum Gasteiger partial charge on any atom is -0.482 e. The molecule has 0 aliphatic heterocycles. The monoisotopic (exact) mass is 418 g/mol. The van der Waals surface area contributed by atoms with E-state index in [2.05, 4.69) is 10.3 Å². The number of amides is 1. The van der Waals surface area contributed by atoms with E-state index in [0.29, 0.717) is 15.9 Å². The lowest BCUT2D eigenvalue weighted by Gasteiger charge is -2.08. The number of thiazole rings is 1. The van der Waals surface area contributed by atoms with Gasteiger partial charge in [-0.25, -0.2) is 9.78 Å². The van der Waals surface area contributed by atoms with E-state index >= 15 is 0 Å². The summed E-state index contributed by atoms with van der Waals surface area (Å²) in [6.45, 7) is 5.12. The van der Waals surface area contributed by atoms with Crippen LogP contribution < -0.4 is 10.1 Å². The highest BCUT2D eigenvalue weighted by atomic mass is 35.5. The summed E-state index contributed by atoms with van der Waals surface area (Å²) >= 11 is 7.32. The van der Waals surface area contributed by atoms with Crippen molar-refractivity contribution in [3.8, 4) is 5.75 Å². The number of benzene rings is 2. The molecule has 1 aromatic heterocycles. The fraction of sp³-hybridized carbons (Fsp3) is 0.250. The van der Waals surface area contributed by atoms with Crippen LogP contribution in [0.4, 0.5) is 5.13 Å². The lowest BCUT2D eigenvalue weighted by atomic mass is 10.1. The second kappa shape index (κ2) is 8.58. The zero-order chi connectivity index (χ0) is 20.3. The van der Waals surface area contributed by atoms with Crippen LogP contribution in [-0.4, -0.2) is 30.1 Å². The number of aromatic nitrogens is 1. The van der Waals surface area contributed by atoms with Crippen molar-refractivity contribution in [1.82, 2.24) is 4.98 Å². The Kier molecular flexibility index (Phi) is 6.16. The molecule has 0 saturated heterocycles. The molecular weight excluding hydrogens is 400 g/mol. The Labute approximate surface area is 171 Å². The van der Waals surface area contributed by atoms with Crippen LogP contribution in [0.2, 0.25) is 5.02 Å². The molecule has 0 aliphatic rings. The number of nitrogens with zero attached hydrogens (tertiary/aromatic N) is 1. The number of hydrogen-bond acceptors (Lipinski definition) is 6. The first-order chi connectivity index (χ1) is 13.3. The van der Waals surface area contributed by atoms with Crippen LogP contribution in [0.3, 0.4) is 0 Å². The first-order valence-corrected chi connectivity index (χ1v) is 9.73. The Balaban J connectivity index is 1.49. The fourth-order valence-electron chi connectivity index (χ4n) is 2.62. The number of fused-ring (bicyclic) bond motifs is 1. The summed E-state index contributed by atoms with van der Waals surface area (Å²) in [6, 6.07) is 9.13. The normalized spacial score (nSPS) is 10.7. The van der Waals surface area contributed by atoms with Crippen LogP contribution >= 0.6 is 22.9 Å². The quantitative estimate of drug-likeness (QED) is 0.599. The van der Waals surface area contributed by atoms with Crippen molar-refractivity contribution < 1.29 is 19.1 Å². The molecule has 0 radical (unpaired) electrons. The van der Waals surface area contributed by atoms with Crippen LogP contribution in [0.5, 0.6) is 5.75 Å². The number of rotatable bonds is 6.